The summed E-state index contributed by atoms with van der Waals surface area (Å²) in [6.07, 6.45) is 2.92. The molecule has 0 bridgehead atoms. The lowest BCUT2D eigenvalue weighted by Crippen LogP contribution is -2.16. The molecule has 0 saturated heterocycles. The van der Waals surface area contributed by atoms with Crippen LogP contribution < -0.4 is 10.1 Å². The summed E-state index contributed by atoms with van der Waals surface area (Å²) in [7, 11) is 0. The minimum atomic E-state index is -0.314. The fraction of sp³-hybridized carbons (Fsp3) is 0.200. The number of benzene rings is 1. The van der Waals surface area contributed by atoms with Gasteiger partial charge in [-0.05, 0) is 31.2 Å². The van der Waals surface area contributed by atoms with Gasteiger partial charge in [-0.2, -0.15) is 0 Å². The first-order valence-corrected chi connectivity index (χ1v) is 10.2. The molecule has 1 atom stereocenters. The zero-order chi connectivity index (χ0) is 20.6. The van der Waals surface area contributed by atoms with Crippen LogP contribution in [0.5, 0.6) is 5.75 Å². The lowest BCUT2D eigenvalue weighted by molar-refractivity contribution is -0.113. The van der Waals surface area contributed by atoms with Crippen molar-refractivity contribution in [2.45, 2.75) is 24.7 Å². The number of anilines is 1. The smallest absolute Gasteiger partial charge is 0.236 e. The second kappa shape index (κ2) is 10.1. The van der Waals surface area contributed by atoms with Crippen LogP contribution in [0.3, 0.4) is 0 Å². The van der Waals surface area contributed by atoms with Gasteiger partial charge in [-0.1, -0.05) is 47.6 Å². The fourth-order valence-electron chi connectivity index (χ4n) is 2.52. The van der Waals surface area contributed by atoms with Crippen LogP contribution in [-0.2, 0) is 11.3 Å². The predicted molar refractivity (Wildman–Crippen MR) is 114 cm³/mol. The number of thioether (sulfide) groups is 1. The van der Waals surface area contributed by atoms with Crippen molar-refractivity contribution in [1.82, 2.24) is 19.7 Å². The van der Waals surface area contributed by atoms with E-state index in [4.69, 9.17) is 16.3 Å². The summed E-state index contributed by atoms with van der Waals surface area (Å²) >= 11 is 7.08. The molecular formula is C20H20ClN5O2S. The Kier molecular flexibility index (Phi) is 7.26. The van der Waals surface area contributed by atoms with Gasteiger partial charge in [0, 0.05) is 12.7 Å². The number of carbonyl (C=O) groups is 1. The average Bonchev–Trinajstić information content (AvgIpc) is 3.12. The SMILES string of the molecule is C=CCn1c(SCC(=O)Nc2ccc(Cl)cn2)nnc1C(C)Oc1ccccc1. The van der Waals surface area contributed by atoms with Gasteiger partial charge in [0.2, 0.25) is 5.91 Å². The van der Waals surface area contributed by atoms with Gasteiger partial charge >= 0.3 is 0 Å². The molecule has 1 N–H and O–H groups in total. The number of carbonyl (C=O) groups excluding carboxylic acids is 1. The van der Waals surface area contributed by atoms with E-state index < -0.39 is 0 Å². The molecule has 0 spiro atoms. The first-order chi connectivity index (χ1) is 14.1. The van der Waals surface area contributed by atoms with Crippen molar-refractivity contribution in [3.63, 3.8) is 0 Å². The molecule has 0 aliphatic carbocycles. The molecule has 0 fully saturated rings. The summed E-state index contributed by atoms with van der Waals surface area (Å²) < 4.78 is 7.84. The molecule has 29 heavy (non-hydrogen) atoms. The second-order valence-corrected chi connectivity index (χ2v) is 7.39. The van der Waals surface area contributed by atoms with Crippen molar-refractivity contribution in [1.29, 1.82) is 0 Å². The molecule has 1 aromatic carbocycles. The minimum absolute atomic E-state index is 0.160. The topological polar surface area (TPSA) is 81.9 Å². The summed E-state index contributed by atoms with van der Waals surface area (Å²) in [5.74, 6) is 1.81. The molecule has 0 radical (unpaired) electrons. The maximum Gasteiger partial charge on any atom is 0.236 e. The van der Waals surface area contributed by atoms with E-state index in [0.29, 0.717) is 28.4 Å². The third kappa shape index (κ3) is 5.82. The van der Waals surface area contributed by atoms with Crippen molar-refractivity contribution in [2.75, 3.05) is 11.1 Å². The molecule has 0 saturated carbocycles. The van der Waals surface area contributed by atoms with Crippen LogP contribution in [0.1, 0.15) is 18.9 Å². The van der Waals surface area contributed by atoms with E-state index in [-0.39, 0.29) is 17.8 Å². The van der Waals surface area contributed by atoms with Crippen molar-refractivity contribution in [3.05, 3.63) is 72.2 Å². The standard InChI is InChI=1S/C20H20ClN5O2S/c1-3-11-26-19(14(2)28-16-7-5-4-6-8-16)24-25-20(26)29-13-18(27)23-17-10-9-15(21)12-22-17/h3-10,12,14H,1,11,13H2,2H3,(H,22,23,27). The van der Waals surface area contributed by atoms with Gasteiger partial charge < -0.3 is 10.1 Å². The first kappa shape index (κ1) is 20.9. The lowest BCUT2D eigenvalue weighted by Gasteiger charge is -2.15. The number of hydrogen-bond acceptors (Lipinski definition) is 6. The van der Waals surface area contributed by atoms with Crippen LogP contribution in [0.2, 0.25) is 5.02 Å². The molecule has 1 unspecified atom stereocenters. The Hall–Kier alpha value is -2.84. The summed E-state index contributed by atoms with van der Waals surface area (Å²) in [5, 5.41) is 12.3. The van der Waals surface area contributed by atoms with Crippen molar-refractivity contribution in [3.8, 4) is 5.75 Å². The molecule has 3 aromatic rings. The van der Waals surface area contributed by atoms with Crippen LogP contribution in [0.15, 0.2) is 66.5 Å². The molecule has 2 aromatic heterocycles. The molecule has 150 valence electrons. The van der Waals surface area contributed by atoms with Crippen molar-refractivity contribution >= 4 is 35.1 Å². The normalized spacial score (nSPS) is 11.7. The van der Waals surface area contributed by atoms with Gasteiger partial charge in [0.25, 0.3) is 0 Å². The van der Waals surface area contributed by atoms with E-state index in [1.54, 1.807) is 18.2 Å². The van der Waals surface area contributed by atoms with Gasteiger partial charge in [0.15, 0.2) is 17.1 Å². The third-order valence-electron chi connectivity index (χ3n) is 3.80. The largest absolute Gasteiger partial charge is 0.483 e. The van der Waals surface area contributed by atoms with E-state index in [9.17, 15) is 4.79 Å². The number of rotatable bonds is 9. The quantitative estimate of drug-likeness (QED) is 0.401. The molecule has 3 rings (SSSR count). The molecule has 9 heteroatoms. The number of ether oxygens (including phenoxy) is 1. The number of aromatic nitrogens is 4. The fourth-order valence-corrected chi connectivity index (χ4v) is 3.39. The predicted octanol–water partition coefficient (Wildman–Crippen LogP) is 4.38. The number of nitrogens with zero attached hydrogens (tertiary/aromatic N) is 4. The zero-order valence-electron chi connectivity index (χ0n) is 15.8. The number of nitrogens with one attached hydrogen (secondary N) is 1. The van der Waals surface area contributed by atoms with Gasteiger partial charge in [-0.25, -0.2) is 4.98 Å². The van der Waals surface area contributed by atoms with Gasteiger partial charge in [-0.15, -0.1) is 16.8 Å². The average molecular weight is 430 g/mol. The maximum absolute atomic E-state index is 12.2. The van der Waals surface area contributed by atoms with Gasteiger partial charge in [-0.3, -0.25) is 9.36 Å². The minimum Gasteiger partial charge on any atom is -0.483 e. The van der Waals surface area contributed by atoms with Crippen molar-refractivity contribution in [2.24, 2.45) is 0 Å². The van der Waals surface area contributed by atoms with Crippen LogP contribution >= 0.6 is 23.4 Å². The number of allylic oxidation sites excluding steroid dienone is 1. The zero-order valence-corrected chi connectivity index (χ0v) is 17.4. The number of halogens is 1. The monoisotopic (exact) mass is 429 g/mol. The highest BCUT2D eigenvalue weighted by Gasteiger charge is 2.19. The molecular weight excluding hydrogens is 410 g/mol. The summed E-state index contributed by atoms with van der Waals surface area (Å²) in [4.78, 5) is 16.3. The van der Waals surface area contributed by atoms with E-state index in [2.05, 4.69) is 27.1 Å². The Morgan fingerprint density at radius 1 is 1.31 bits per heavy atom. The lowest BCUT2D eigenvalue weighted by atomic mass is 10.3. The summed E-state index contributed by atoms with van der Waals surface area (Å²) in [5.41, 5.74) is 0. The van der Waals surface area contributed by atoms with E-state index in [1.165, 1.54) is 18.0 Å². The van der Waals surface area contributed by atoms with Crippen LogP contribution in [0.25, 0.3) is 0 Å². The third-order valence-corrected chi connectivity index (χ3v) is 4.99. The highest BCUT2D eigenvalue weighted by molar-refractivity contribution is 7.99. The highest BCUT2D eigenvalue weighted by atomic mass is 35.5. The van der Waals surface area contributed by atoms with E-state index >= 15 is 0 Å². The molecule has 0 aliphatic heterocycles. The molecule has 7 nitrogen and oxygen atoms in total. The number of pyridine rings is 1. The number of para-hydroxylation sites is 1. The first-order valence-electron chi connectivity index (χ1n) is 8.86. The Bertz CT molecular complexity index is 963. The van der Waals surface area contributed by atoms with E-state index in [0.717, 1.165) is 5.75 Å². The van der Waals surface area contributed by atoms with Crippen LogP contribution in [0.4, 0.5) is 5.82 Å². The number of hydrogen-bond donors (Lipinski definition) is 1. The van der Waals surface area contributed by atoms with Gasteiger partial charge in [0.1, 0.15) is 11.6 Å². The maximum atomic E-state index is 12.2. The molecule has 0 aliphatic rings. The van der Waals surface area contributed by atoms with E-state index in [1.807, 2.05) is 41.8 Å². The van der Waals surface area contributed by atoms with Crippen LogP contribution in [0, 0.1) is 0 Å². The highest BCUT2D eigenvalue weighted by Crippen LogP contribution is 2.24. The van der Waals surface area contributed by atoms with Crippen LogP contribution in [-0.4, -0.2) is 31.4 Å². The Morgan fingerprint density at radius 3 is 2.79 bits per heavy atom. The van der Waals surface area contributed by atoms with Gasteiger partial charge in [0.05, 0.1) is 10.8 Å². The second-order valence-electron chi connectivity index (χ2n) is 6.01. The summed E-state index contributed by atoms with van der Waals surface area (Å²) in [6.45, 7) is 6.21. The Morgan fingerprint density at radius 2 is 2.10 bits per heavy atom. The number of amides is 1. The Labute approximate surface area is 178 Å². The van der Waals surface area contributed by atoms with Crippen molar-refractivity contribution < 1.29 is 9.53 Å². The Balaban J connectivity index is 1.65. The molecule has 2 heterocycles. The summed E-state index contributed by atoms with van der Waals surface area (Å²) in [6, 6.07) is 12.8. The molecule has 1 amide bonds.